The Morgan fingerprint density at radius 2 is 1.54 bits per heavy atom. The first-order valence-corrected chi connectivity index (χ1v) is 12.9. The van der Waals surface area contributed by atoms with Crippen molar-refractivity contribution in [2.24, 2.45) is 0 Å². The molecule has 3 aromatic rings. The molecule has 3 rings (SSSR count). The average Bonchev–Trinajstić information content (AvgIpc) is 3.24. The van der Waals surface area contributed by atoms with Gasteiger partial charge in [-0.3, -0.25) is 0 Å². The van der Waals surface area contributed by atoms with Crippen LogP contribution in [-0.2, 0) is 17.3 Å². The molecule has 1 heterocycles. The van der Waals surface area contributed by atoms with Gasteiger partial charge in [0, 0.05) is 9.75 Å². The summed E-state index contributed by atoms with van der Waals surface area (Å²) in [5, 5.41) is 0.856. The lowest BCUT2D eigenvalue weighted by atomic mass is 10.0. The maximum atomic E-state index is 12.9. The van der Waals surface area contributed by atoms with E-state index >= 15 is 0 Å². The van der Waals surface area contributed by atoms with Crippen molar-refractivity contribution in [2.45, 2.75) is 71.4 Å². The van der Waals surface area contributed by atoms with Gasteiger partial charge in [0.05, 0.1) is 22.8 Å². The van der Waals surface area contributed by atoms with Crippen LogP contribution in [0.4, 0.5) is 13.2 Å². The van der Waals surface area contributed by atoms with Gasteiger partial charge in [0.1, 0.15) is 16.4 Å². The van der Waals surface area contributed by atoms with E-state index in [1.165, 1.54) is 23.5 Å². The fourth-order valence-electron chi connectivity index (χ4n) is 3.57. The molecule has 0 fully saturated rings. The van der Waals surface area contributed by atoms with Crippen LogP contribution in [0.1, 0.15) is 63.1 Å². The van der Waals surface area contributed by atoms with Crippen molar-refractivity contribution in [2.75, 3.05) is 0 Å². The van der Waals surface area contributed by atoms with Crippen LogP contribution in [0.5, 0.6) is 5.75 Å². The number of aryl methyl sites for hydroxylation is 1. The van der Waals surface area contributed by atoms with Crippen molar-refractivity contribution < 1.29 is 22.6 Å². The number of hydrogen-bond donors (Lipinski definition) is 0. The van der Waals surface area contributed by atoms with Gasteiger partial charge in [-0.2, -0.15) is 13.2 Å². The smallest absolute Gasteiger partial charge is 0.416 e. The lowest BCUT2D eigenvalue weighted by molar-refractivity contribution is -0.137. The molecule has 0 aliphatic rings. The van der Waals surface area contributed by atoms with Crippen molar-refractivity contribution in [3.63, 3.8) is 0 Å². The van der Waals surface area contributed by atoms with Crippen LogP contribution in [0.15, 0.2) is 48.5 Å². The first-order valence-electron chi connectivity index (χ1n) is 11.3. The molecule has 1 unspecified atom stereocenters. The van der Waals surface area contributed by atoms with E-state index in [4.69, 9.17) is 32.7 Å². The normalized spacial score (nSPS) is 13.3. The third-order valence-electron chi connectivity index (χ3n) is 5.10. The highest BCUT2D eigenvalue weighted by molar-refractivity contribution is 7.15. The Hall–Kier alpha value is -1.73. The van der Waals surface area contributed by atoms with E-state index in [-0.39, 0.29) is 12.2 Å². The third kappa shape index (κ3) is 7.63. The van der Waals surface area contributed by atoms with E-state index in [0.717, 1.165) is 33.0 Å². The quantitative estimate of drug-likeness (QED) is 0.280. The Kier molecular flexibility index (Phi) is 8.85. The summed E-state index contributed by atoms with van der Waals surface area (Å²) in [6.45, 7) is 9.77. The van der Waals surface area contributed by atoms with Gasteiger partial charge in [0.15, 0.2) is 0 Å². The third-order valence-corrected chi connectivity index (χ3v) is 7.23. The number of rotatable bonds is 8. The summed E-state index contributed by atoms with van der Waals surface area (Å²) >= 11 is 14.6. The molecule has 0 aliphatic carbocycles. The van der Waals surface area contributed by atoms with Crippen LogP contribution in [0.25, 0.3) is 10.4 Å². The van der Waals surface area contributed by atoms with Gasteiger partial charge in [0.2, 0.25) is 0 Å². The first-order chi connectivity index (χ1) is 16.2. The van der Waals surface area contributed by atoms with E-state index in [2.05, 4.69) is 0 Å². The Balaban J connectivity index is 1.77. The van der Waals surface area contributed by atoms with Gasteiger partial charge in [-0.05, 0) is 88.9 Å². The molecule has 0 saturated carbocycles. The van der Waals surface area contributed by atoms with Gasteiger partial charge in [0.25, 0.3) is 0 Å². The van der Waals surface area contributed by atoms with Crippen molar-refractivity contribution in [3.8, 4) is 16.2 Å². The Morgan fingerprint density at radius 3 is 2.11 bits per heavy atom. The number of ether oxygens (including phenoxy) is 2. The fourth-order valence-corrected chi connectivity index (χ4v) is 5.13. The van der Waals surface area contributed by atoms with E-state index < -0.39 is 17.3 Å². The molecule has 0 N–H and O–H groups in total. The molecule has 2 nitrogen and oxygen atoms in total. The summed E-state index contributed by atoms with van der Waals surface area (Å²) in [5.41, 5.74) is 0.583. The topological polar surface area (TPSA) is 18.5 Å². The average molecular weight is 545 g/mol. The zero-order valence-corrected chi connectivity index (χ0v) is 22.6. The number of thiophene rings is 1. The number of benzene rings is 2. The van der Waals surface area contributed by atoms with Gasteiger partial charge in [-0.15, -0.1) is 11.3 Å². The second-order valence-corrected chi connectivity index (χ2v) is 11.4. The van der Waals surface area contributed by atoms with Crippen LogP contribution >= 0.6 is 34.5 Å². The fraction of sp³-hybridized carbons (Fsp3) is 0.407. The minimum Gasteiger partial charge on any atom is -0.487 e. The molecule has 0 radical (unpaired) electrons. The molecule has 0 bridgehead atoms. The van der Waals surface area contributed by atoms with Crippen LogP contribution < -0.4 is 4.74 Å². The molecule has 0 amide bonds. The highest BCUT2D eigenvalue weighted by atomic mass is 35.5. The molecular formula is C27H29Cl2F3O2S. The molecule has 0 aliphatic heterocycles. The van der Waals surface area contributed by atoms with Gasteiger partial charge < -0.3 is 9.47 Å². The second kappa shape index (κ2) is 11.1. The largest absolute Gasteiger partial charge is 0.487 e. The summed E-state index contributed by atoms with van der Waals surface area (Å²) < 4.78 is 50.7. The zero-order valence-electron chi connectivity index (χ0n) is 20.3. The van der Waals surface area contributed by atoms with E-state index in [0.29, 0.717) is 28.6 Å². The van der Waals surface area contributed by atoms with Crippen LogP contribution in [0.3, 0.4) is 0 Å². The molecular weight excluding hydrogens is 516 g/mol. The van der Waals surface area contributed by atoms with Crippen molar-refractivity contribution >= 4 is 34.5 Å². The zero-order chi connectivity index (χ0) is 26.0. The van der Waals surface area contributed by atoms with Gasteiger partial charge in [-0.1, -0.05) is 41.4 Å². The molecule has 0 saturated heterocycles. The van der Waals surface area contributed by atoms with E-state index in [9.17, 15) is 13.2 Å². The molecule has 0 spiro atoms. The maximum absolute atomic E-state index is 12.9. The van der Waals surface area contributed by atoms with Crippen LogP contribution in [-0.4, -0.2) is 11.7 Å². The van der Waals surface area contributed by atoms with Crippen LogP contribution in [0.2, 0.25) is 10.0 Å². The maximum Gasteiger partial charge on any atom is 0.416 e. The summed E-state index contributed by atoms with van der Waals surface area (Å²) in [5.74, 6) is 0.544. The monoisotopic (exact) mass is 544 g/mol. The number of alkyl halides is 3. The summed E-state index contributed by atoms with van der Waals surface area (Å²) in [6.07, 6.45) is -3.24. The van der Waals surface area contributed by atoms with Crippen LogP contribution in [0, 0.1) is 0 Å². The molecule has 190 valence electrons. The molecule has 2 aromatic carbocycles. The number of hydrogen-bond acceptors (Lipinski definition) is 3. The summed E-state index contributed by atoms with van der Waals surface area (Å²) in [7, 11) is 0. The standard InChI is InChI=1S/C27H29Cl2F3O2S/c1-16(2)33-20(12-8-18-9-13-21(25(29)24(18)28)34-26(3,4)5)23-15-14-22(35-23)17-6-10-19(11-7-17)27(30,31)32/h6-7,9-11,13-16,20H,8,12H2,1-5H3. The molecule has 35 heavy (non-hydrogen) atoms. The van der Waals surface area contributed by atoms with Gasteiger partial charge >= 0.3 is 6.18 Å². The Labute approximate surface area is 219 Å². The first kappa shape index (κ1) is 27.9. The van der Waals surface area contributed by atoms with Gasteiger partial charge in [-0.25, -0.2) is 0 Å². The minimum atomic E-state index is -4.35. The molecule has 8 heteroatoms. The predicted molar refractivity (Wildman–Crippen MR) is 139 cm³/mol. The van der Waals surface area contributed by atoms with E-state index in [1.54, 1.807) is 0 Å². The Bertz CT molecular complexity index is 1130. The summed E-state index contributed by atoms with van der Waals surface area (Å²) in [4.78, 5) is 1.89. The highest BCUT2D eigenvalue weighted by Crippen LogP contribution is 2.40. The lowest BCUT2D eigenvalue weighted by Crippen LogP contribution is -2.23. The van der Waals surface area contributed by atoms with Crippen molar-refractivity contribution in [1.29, 1.82) is 0 Å². The highest BCUT2D eigenvalue weighted by Gasteiger charge is 2.30. The molecule has 1 aromatic heterocycles. The minimum absolute atomic E-state index is 0.00163. The Morgan fingerprint density at radius 1 is 0.886 bits per heavy atom. The van der Waals surface area contributed by atoms with Crippen molar-refractivity contribution in [3.05, 3.63) is 74.6 Å². The lowest BCUT2D eigenvalue weighted by Gasteiger charge is -2.23. The second-order valence-electron chi connectivity index (χ2n) is 9.55. The van der Waals surface area contributed by atoms with E-state index in [1.807, 2.05) is 58.9 Å². The summed E-state index contributed by atoms with van der Waals surface area (Å²) in [6, 6.07) is 12.9. The molecule has 1 atom stereocenters. The van der Waals surface area contributed by atoms with Crippen molar-refractivity contribution in [1.82, 2.24) is 0 Å². The number of halogens is 5. The predicted octanol–water partition coefficient (Wildman–Crippen LogP) is 10.0. The SMILES string of the molecule is CC(C)OC(CCc1ccc(OC(C)(C)C)c(Cl)c1Cl)c1ccc(-c2ccc(C(F)(F)F)cc2)s1.